The zero-order valence-electron chi connectivity index (χ0n) is 8.62. The maximum Gasteiger partial charge on any atom is 0.376 e. The Morgan fingerprint density at radius 2 is 2.00 bits per heavy atom. The Morgan fingerprint density at radius 1 is 1.36 bits per heavy atom. The lowest BCUT2D eigenvalue weighted by Gasteiger charge is -2.06. The highest BCUT2D eigenvalue weighted by Gasteiger charge is 2.13. The van der Waals surface area contributed by atoms with Crippen molar-refractivity contribution in [3.05, 3.63) is 17.1 Å². The second-order valence-electron chi connectivity index (χ2n) is 2.76. The molecule has 1 aromatic heterocycles. The minimum absolute atomic E-state index is 0.125. The van der Waals surface area contributed by atoms with Gasteiger partial charge in [0.25, 0.3) is 0 Å². The van der Waals surface area contributed by atoms with Gasteiger partial charge < -0.3 is 4.74 Å². The molecule has 0 bridgehead atoms. The number of hydrogen-bond donors (Lipinski definition) is 0. The zero-order valence-corrected chi connectivity index (χ0v) is 9.44. The molecule has 0 atom stereocenters. The van der Waals surface area contributed by atoms with Gasteiger partial charge in [0.2, 0.25) is 5.82 Å². The summed E-state index contributed by atoms with van der Waals surface area (Å²) in [6.07, 6.45) is 1.91. The number of ether oxygens (including phenoxy) is 1. The van der Waals surface area contributed by atoms with Gasteiger partial charge >= 0.3 is 5.97 Å². The molecule has 0 radical (unpaired) electrons. The first kappa shape index (κ1) is 11.0. The van der Waals surface area contributed by atoms with Crippen LogP contribution in [0.4, 0.5) is 0 Å². The Kier molecular flexibility index (Phi) is 3.46. The Bertz CT molecular complexity index is 366. The summed E-state index contributed by atoms with van der Waals surface area (Å²) >= 11 is 1.49. The number of nitrogens with zero attached hydrogens (tertiary/aromatic N) is 2. The lowest BCUT2D eigenvalue weighted by Crippen LogP contribution is -2.10. The van der Waals surface area contributed by atoms with Gasteiger partial charge in [-0.2, -0.15) is 0 Å². The SMILES string of the molecule is COC(=O)c1nc(C)c(C)c(SC)n1. The Balaban J connectivity index is 3.22. The number of thioether (sulfide) groups is 1. The Labute approximate surface area is 87.1 Å². The smallest absolute Gasteiger partial charge is 0.376 e. The van der Waals surface area contributed by atoms with Crippen molar-refractivity contribution in [3.63, 3.8) is 0 Å². The molecule has 1 heterocycles. The Hall–Kier alpha value is -1.10. The molecule has 1 aromatic rings. The second kappa shape index (κ2) is 4.41. The first-order chi connectivity index (χ1) is 6.60. The number of aromatic nitrogens is 2. The van der Waals surface area contributed by atoms with Crippen LogP contribution in [0.25, 0.3) is 0 Å². The van der Waals surface area contributed by atoms with Gasteiger partial charge in [0.15, 0.2) is 0 Å². The van der Waals surface area contributed by atoms with E-state index in [-0.39, 0.29) is 5.82 Å². The maximum atomic E-state index is 11.2. The summed E-state index contributed by atoms with van der Waals surface area (Å²) in [6, 6.07) is 0. The van der Waals surface area contributed by atoms with E-state index in [0.717, 1.165) is 16.3 Å². The lowest BCUT2D eigenvalue weighted by atomic mass is 10.3. The molecule has 4 nitrogen and oxygen atoms in total. The van der Waals surface area contributed by atoms with Gasteiger partial charge in [-0.1, -0.05) is 0 Å². The van der Waals surface area contributed by atoms with Crippen LogP contribution in [-0.2, 0) is 4.74 Å². The molecule has 0 N–H and O–H groups in total. The first-order valence-corrected chi connectivity index (χ1v) is 5.30. The van der Waals surface area contributed by atoms with Crippen molar-refractivity contribution < 1.29 is 9.53 Å². The minimum Gasteiger partial charge on any atom is -0.463 e. The van der Waals surface area contributed by atoms with Crippen LogP contribution in [0.5, 0.6) is 0 Å². The van der Waals surface area contributed by atoms with Crippen molar-refractivity contribution in [2.24, 2.45) is 0 Å². The third kappa shape index (κ3) is 2.04. The summed E-state index contributed by atoms with van der Waals surface area (Å²) in [6.45, 7) is 3.78. The van der Waals surface area contributed by atoms with Crippen molar-refractivity contribution in [1.29, 1.82) is 0 Å². The molecule has 14 heavy (non-hydrogen) atoms. The van der Waals surface area contributed by atoms with E-state index in [1.165, 1.54) is 18.9 Å². The average Bonchev–Trinajstić information content (AvgIpc) is 2.20. The van der Waals surface area contributed by atoms with E-state index < -0.39 is 5.97 Å². The standard InChI is InChI=1S/C9H12N2O2S/c1-5-6(2)10-7(9(12)13-3)11-8(5)14-4/h1-4H3. The average molecular weight is 212 g/mol. The van der Waals surface area contributed by atoms with Crippen molar-refractivity contribution >= 4 is 17.7 Å². The third-order valence-electron chi connectivity index (χ3n) is 1.91. The molecule has 0 saturated heterocycles. The molecule has 0 unspecified atom stereocenters. The van der Waals surface area contributed by atoms with E-state index in [0.29, 0.717) is 0 Å². The largest absolute Gasteiger partial charge is 0.463 e. The van der Waals surface area contributed by atoms with Crippen LogP contribution in [-0.4, -0.2) is 29.3 Å². The molecule has 0 aromatic carbocycles. The van der Waals surface area contributed by atoms with E-state index in [9.17, 15) is 4.79 Å². The summed E-state index contributed by atoms with van der Waals surface area (Å²) < 4.78 is 4.56. The van der Waals surface area contributed by atoms with E-state index in [1.54, 1.807) is 0 Å². The molecule has 0 spiro atoms. The fraction of sp³-hybridized carbons (Fsp3) is 0.444. The number of carbonyl (C=O) groups is 1. The quantitative estimate of drug-likeness (QED) is 0.423. The highest BCUT2D eigenvalue weighted by Crippen LogP contribution is 2.19. The number of esters is 1. The molecule has 0 fully saturated rings. The number of aryl methyl sites for hydroxylation is 1. The summed E-state index contributed by atoms with van der Waals surface area (Å²) in [5.74, 6) is -0.372. The maximum absolute atomic E-state index is 11.2. The number of carbonyl (C=O) groups excluding carboxylic acids is 1. The van der Waals surface area contributed by atoms with E-state index >= 15 is 0 Å². The molecule has 0 aliphatic heterocycles. The van der Waals surface area contributed by atoms with Crippen LogP contribution in [0.1, 0.15) is 21.9 Å². The summed E-state index contributed by atoms with van der Waals surface area (Å²) in [5, 5.41) is 0.818. The third-order valence-corrected chi connectivity index (χ3v) is 2.69. The topological polar surface area (TPSA) is 52.1 Å². The van der Waals surface area contributed by atoms with Gasteiger partial charge in [-0.3, -0.25) is 0 Å². The van der Waals surface area contributed by atoms with Crippen LogP contribution in [0.15, 0.2) is 5.03 Å². The van der Waals surface area contributed by atoms with Gasteiger partial charge in [0, 0.05) is 11.3 Å². The van der Waals surface area contributed by atoms with Gasteiger partial charge in [-0.05, 0) is 20.1 Å². The van der Waals surface area contributed by atoms with Gasteiger partial charge in [-0.15, -0.1) is 11.8 Å². The highest BCUT2D eigenvalue weighted by atomic mass is 32.2. The minimum atomic E-state index is -0.497. The molecular weight excluding hydrogens is 200 g/mol. The second-order valence-corrected chi connectivity index (χ2v) is 3.55. The van der Waals surface area contributed by atoms with Crippen molar-refractivity contribution in [2.45, 2.75) is 18.9 Å². The molecule has 0 amide bonds. The first-order valence-electron chi connectivity index (χ1n) is 4.07. The number of methoxy groups -OCH3 is 1. The molecule has 1 rings (SSSR count). The van der Waals surface area contributed by atoms with E-state index in [2.05, 4.69) is 14.7 Å². The molecule has 76 valence electrons. The van der Waals surface area contributed by atoms with Crippen LogP contribution in [0, 0.1) is 13.8 Å². The predicted molar refractivity (Wildman–Crippen MR) is 54.6 cm³/mol. The van der Waals surface area contributed by atoms with Crippen molar-refractivity contribution in [2.75, 3.05) is 13.4 Å². The number of rotatable bonds is 2. The fourth-order valence-electron chi connectivity index (χ4n) is 0.984. The van der Waals surface area contributed by atoms with E-state index in [1.807, 2.05) is 20.1 Å². The molecule has 5 heteroatoms. The van der Waals surface area contributed by atoms with Gasteiger partial charge in [0.05, 0.1) is 7.11 Å². The van der Waals surface area contributed by atoms with Gasteiger partial charge in [-0.25, -0.2) is 14.8 Å². The number of hydrogen-bond acceptors (Lipinski definition) is 5. The molecule has 0 aliphatic rings. The van der Waals surface area contributed by atoms with Crippen LogP contribution in [0.2, 0.25) is 0 Å². The van der Waals surface area contributed by atoms with Crippen LogP contribution in [0.3, 0.4) is 0 Å². The Morgan fingerprint density at radius 3 is 2.50 bits per heavy atom. The lowest BCUT2D eigenvalue weighted by molar-refractivity contribution is 0.0585. The molecule has 0 saturated carbocycles. The van der Waals surface area contributed by atoms with Crippen LogP contribution >= 0.6 is 11.8 Å². The van der Waals surface area contributed by atoms with Crippen molar-refractivity contribution in [1.82, 2.24) is 9.97 Å². The molecular formula is C9H12N2O2S. The van der Waals surface area contributed by atoms with E-state index in [4.69, 9.17) is 0 Å². The van der Waals surface area contributed by atoms with Gasteiger partial charge in [0.1, 0.15) is 5.03 Å². The van der Waals surface area contributed by atoms with Crippen LogP contribution < -0.4 is 0 Å². The summed E-state index contributed by atoms with van der Waals surface area (Å²) in [7, 11) is 1.32. The monoisotopic (exact) mass is 212 g/mol. The molecule has 0 aliphatic carbocycles. The zero-order chi connectivity index (χ0) is 10.7. The normalized spacial score (nSPS) is 10.0. The summed E-state index contributed by atoms with van der Waals surface area (Å²) in [4.78, 5) is 19.3. The fourth-order valence-corrected chi connectivity index (χ4v) is 1.62. The summed E-state index contributed by atoms with van der Waals surface area (Å²) in [5.41, 5.74) is 1.81. The highest BCUT2D eigenvalue weighted by molar-refractivity contribution is 7.98. The predicted octanol–water partition coefficient (Wildman–Crippen LogP) is 1.60. The van der Waals surface area contributed by atoms with Crippen molar-refractivity contribution in [3.8, 4) is 0 Å².